The second-order valence-corrected chi connectivity index (χ2v) is 5.49. The van der Waals surface area contributed by atoms with Gasteiger partial charge in [0.2, 0.25) is 0 Å². The summed E-state index contributed by atoms with van der Waals surface area (Å²) in [7, 11) is 2.24. The number of nitrogens with one attached hydrogen (secondary N) is 1. The summed E-state index contributed by atoms with van der Waals surface area (Å²) in [5.74, 6) is 0.994. The monoisotopic (exact) mass is 246 g/mol. The second-order valence-electron chi connectivity index (χ2n) is 5.49. The first kappa shape index (κ1) is 11.8. The zero-order valence-corrected chi connectivity index (χ0v) is 11.1. The molecule has 1 atom stereocenters. The summed E-state index contributed by atoms with van der Waals surface area (Å²) in [6.45, 7) is 1.93. The second kappa shape index (κ2) is 5.19. The van der Waals surface area contributed by atoms with Gasteiger partial charge in [-0.25, -0.2) is 0 Å². The Morgan fingerprint density at radius 3 is 2.89 bits per heavy atom. The summed E-state index contributed by atoms with van der Waals surface area (Å²) < 4.78 is 6.06. The van der Waals surface area contributed by atoms with Crippen LogP contribution in [0.15, 0.2) is 24.3 Å². The highest BCUT2D eigenvalue weighted by Crippen LogP contribution is 2.29. The molecule has 1 aliphatic heterocycles. The van der Waals surface area contributed by atoms with Gasteiger partial charge in [0.25, 0.3) is 0 Å². The number of anilines is 1. The first-order chi connectivity index (χ1) is 8.83. The normalized spacial score (nSPS) is 23.6. The molecule has 1 aromatic carbocycles. The third-order valence-electron chi connectivity index (χ3n) is 4.14. The first-order valence-electron chi connectivity index (χ1n) is 7.03. The number of rotatable bonds is 3. The van der Waals surface area contributed by atoms with Crippen molar-refractivity contribution in [1.29, 1.82) is 0 Å². The summed E-state index contributed by atoms with van der Waals surface area (Å²) in [6.07, 6.45) is 5.76. The fourth-order valence-electron chi connectivity index (χ4n) is 3.08. The number of fused-ring (bicyclic) bond motifs is 1. The maximum atomic E-state index is 6.06. The number of ether oxygens (including phenoxy) is 1. The van der Waals surface area contributed by atoms with E-state index in [2.05, 4.69) is 23.3 Å². The molecule has 0 aromatic heterocycles. The Hall–Kier alpha value is -1.22. The number of hydrogen-bond acceptors (Lipinski definition) is 3. The molecule has 3 rings (SSSR count). The molecule has 1 unspecified atom stereocenters. The highest BCUT2D eigenvalue weighted by atomic mass is 16.5. The molecule has 1 fully saturated rings. The Bertz CT molecular complexity index is 401. The van der Waals surface area contributed by atoms with Crippen molar-refractivity contribution in [2.45, 2.75) is 37.8 Å². The summed E-state index contributed by atoms with van der Waals surface area (Å²) in [6, 6.07) is 8.96. The van der Waals surface area contributed by atoms with Crippen molar-refractivity contribution in [1.82, 2.24) is 4.90 Å². The molecule has 3 nitrogen and oxygen atoms in total. The maximum absolute atomic E-state index is 6.06. The fourth-order valence-corrected chi connectivity index (χ4v) is 3.08. The van der Waals surface area contributed by atoms with E-state index in [1.807, 2.05) is 18.2 Å². The van der Waals surface area contributed by atoms with Gasteiger partial charge >= 0.3 is 0 Å². The minimum atomic E-state index is 0.269. The van der Waals surface area contributed by atoms with Crippen LogP contribution in [-0.4, -0.2) is 37.2 Å². The molecule has 3 heteroatoms. The lowest BCUT2D eigenvalue weighted by atomic mass is 10.2. The molecule has 0 saturated heterocycles. The molecule has 0 radical (unpaired) electrons. The molecule has 98 valence electrons. The molecular formula is C15H22N2O. The van der Waals surface area contributed by atoms with Crippen LogP contribution in [0.25, 0.3) is 0 Å². The van der Waals surface area contributed by atoms with Crippen LogP contribution < -0.4 is 10.1 Å². The van der Waals surface area contributed by atoms with Crippen molar-refractivity contribution in [2.75, 3.05) is 25.5 Å². The Labute approximate surface area is 109 Å². The van der Waals surface area contributed by atoms with Crippen molar-refractivity contribution in [3.63, 3.8) is 0 Å². The molecule has 1 saturated carbocycles. The molecule has 18 heavy (non-hydrogen) atoms. The van der Waals surface area contributed by atoms with Crippen LogP contribution in [0, 0.1) is 0 Å². The lowest BCUT2D eigenvalue weighted by Crippen LogP contribution is -2.43. The lowest BCUT2D eigenvalue weighted by Gasteiger charge is -2.32. The molecule has 1 N–H and O–H groups in total. The van der Waals surface area contributed by atoms with E-state index in [1.54, 1.807) is 0 Å². The molecule has 1 aliphatic carbocycles. The average molecular weight is 246 g/mol. The van der Waals surface area contributed by atoms with Crippen molar-refractivity contribution >= 4 is 5.69 Å². The van der Waals surface area contributed by atoms with Crippen molar-refractivity contribution in [3.8, 4) is 5.75 Å². The van der Waals surface area contributed by atoms with Gasteiger partial charge in [0.15, 0.2) is 0 Å². The predicted molar refractivity (Wildman–Crippen MR) is 74.2 cm³/mol. The summed E-state index contributed by atoms with van der Waals surface area (Å²) in [5.41, 5.74) is 1.12. The van der Waals surface area contributed by atoms with E-state index in [4.69, 9.17) is 4.74 Å². The van der Waals surface area contributed by atoms with E-state index in [9.17, 15) is 0 Å². The first-order valence-corrected chi connectivity index (χ1v) is 7.03. The third-order valence-corrected chi connectivity index (χ3v) is 4.14. The lowest BCUT2D eigenvalue weighted by molar-refractivity contribution is 0.127. The van der Waals surface area contributed by atoms with Crippen LogP contribution in [0.3, 0.4) is 0 Å². The van der Waals surface area contributed by atoms with Gasteiger partial charge in [0.05, 0.1) is 12.2 Å². The molecule has 0 spiro atoms. The van der Waals surface area contributed by atoms with Crippen molar-refractivity contribution in [2.24, 2.45) is 0 Å². The van der Waals surface area contributed by atoms with Crippen LogP contribution in [0.4, 0.5) is 5.69 Å². The number of para-hydroxylation sites is 2. The Balaban J connectivity index is 1.59. The summed E-state index contributed by atoms with van der Waals surface area (Å²) >= 11 is 0. The molecule has 2 aliphatic rings. The number of nitrogens with zero attached hydrogens (tertiary/aromatic N) is 1. The average Bonchev–Trinajstić information content (AvgIpc) is 2.92. The Morgan fingerprint density at radius 2 is 2.06 bits per heavy atom. The zero-order valence-electron chi connectivity index (χ0n) is 11.1. The van der Waals surface area contributed by atoms with E-state index >= 15 is 0 Å². The zero-order chi connectivity index (χ0) is 12.4. The smallest absolute Gasteiger partial charge is 0.142 e. The summed E-state index contributed by atoms with van der Waals surface area (Å²) in [5, 5.41) is 3.46. The molecule has 0 bridgehead atoms. The molecule has 0 amide bonds. The van der Waals surface area contributed by atoms with Gasteiger partial charge in [-0.1, -0.05) is 25.0 Å². The van der Waals surface area contributed by atoms with E-state index in [0.29, 0.717) is 0 Å². The topological polar surface area (TPSA) is 24.5 Å². The predicted octanol–water partition coefficient (Wildman–Crippen LogP) is 2.73. The van der Waals surface area contributed by atoms with Gasteiger partial charge in [0.1, 0.15) is 11.9 Å². The van der Waals surface area contributed by atoms with Gasteiger partial charge in [-0.15, -0.1) is 0 Å². The van der Waals surface area contributed by atoms with Crippen molar-refractivity contribution in [3.05, 3.63) is 24.3 Å². The van der Waals surface area contributed by atoms with Gasteiger partial charge in [-0.2, -0.15) is 0 Å². The largest absolute Gasteiger partial charge is 0.485 e. The van der Waals surface area contributed by atoms with E-state index in [-0.39, 0.29) is 6.10 Å². The van der Waals surface area contributed by atoms with Gasteiger partial charge < -0.3 is 10.1 Å². The summed E-state index contributed by atoms with van der Waals surface area (Å²) in [4.78, 5) is 2.48. The SMILES string of the molecule is CN(CC1CNc2ccccc2O1)C1CCCC1. The highest BCUT2D eigenvalue weighted by molar-refractivity contribution is 5.57. The highest BCUT2D eigenvalue weighted by Gasteiger charge is 2.25. The van der Waals surface area contributed by atoms with E-state index in [1.165, 1.54) is 25.7 Å². The van der Waals surface area contributed by atoms with Gasteiger partial charge in [-0.3, -0.25) is 4.90 Å². The Morgan fingerprint density at radius 1 is 1.28 bits per heavy atom. The van der Waals surface area contributed by atoms with Crippen LogP contribution >= 0.6 is 0 Å². The van der Waals surface area contributed by atoms with E-state index < -0.39 is 0 Å². The van der Waals surface area contributed by atoms with Crippen LogP contribution in [0.1, 0.15) is 25.7 Å². The van der Waals surface area contributed by atoms with Crippen LogP contribution in [0.2, 0.25) is 0 Å². The number of hydrogen-bond donors (Lipinski definition) is 1. The number of likely N-dealkylation sites (N-methyl/N-ethyl adjacent to an activating group) is 1. The van der Waals surface area contributed by atoms with Gasteiger partial charge in [-0.05, 0) is 32.0 Å². The Kier molecular flexibility index (Phi) is 3.41. The van der Waals surface area contributed by atoms with Crippen LogP contribution in [-0.2, 0) is 0 Å². The maximum Gasteiger partial charge on any atom is 0.142 e. The molecule has 1 aromatic rings. The minimum absolute atomic E-state index is 0.269. The standard InChI is InChI=1S/C15H22N2O/c1-17(12-6-2-3-7-12)11-13-10-16-14-8-4-5-9-15(14)18-13/h4-5,8-9,12-13,16H,2-3,6-7,10-11H2,1H3. The van der Waals surface area contributed by atoms with Crippen LogP contribution in [0.5, 0.6) is 5.75 Å². The quantitative estimate of drug-likeness (QED) is 0.887. The van der Waals surface area contributed by atoms with E-state index in [0.717, 1.165) is 30.6 Å². The number of benzene rings is 1. The van der Waals surface area contributed by atoms with Gasteiger partial charge in [0, 0.05) is 12.6 Å². The fraction of sp³-hybridized carbons (Fsp3) is 0.600. The van der Waals surface area contributed by atoms with Crippen molar-refractivity contribution < 1.29 is 4.74 Å². The minimum Gasteiger partial charge on any atom is -0.485 e. The molecule has 1 heterocycles. The molecular weight excluding hydrogens is 224 g/mol. The third kappa shape index (κ3) is 2.46.